The van der Waals surface area contributed by atoms with Gasteiger partial charge in [0.05, 0.1) is 18.0 Å². The monoisotopic (exact) mass is 512 g/mol. The van der Waals surface area contributed by atoms with Gasteiger partial charge in [0.25, 0.3) is 0 Å². The normalized spacial score (nSPS) is 14.6. The molecule has 6 nitrogen and oxygen atoms in total. The van der Waals surface area contributed by atoms with Gasteiger partial charge in [-0.25, -0.2) is 4.98 Å². The Morgan fingerprint density at radius 1 is 0.892 bits per heavy atom. The number of carbonyl (C=O) groups excluding carboxylic acids is 1. The lowest BCUT2D eigenvalue weighted by Gasteiger charge is -2.39. The van der Waals surface area contributed by atoms with Crippen molar-refractivity contribution in [3.05, 3.63) is 107 Å². The van der Waals surface area contributed by atoms with Crippen molar-refractivity contribution >= 4 is 17.2 Å². The van der Waals surface area contributed by atoms with Crippen molar-refractivity contribution in [1.29, 1.82) is 0 Å². The highest BCUT2D eigenvalue weighted by Gasteiger charge is 2.26. The van der Waals surface area contributed by atoms with Crippen LogP contribution in [-0.4, -0.2) is 60.0 Å². The zero-order valence-electron chi connectivity index (χ0n) is 20.8. The number of nitrogens with zero attached hydrogens (tertiary/aromatic N) is 3. The molecule has 4 aromatic rings. The van der Waals surface area contributed by atoms with Crippen LogP contribution in [0.2, 0.25) is 0 Å². The molecule has 2 N–H and O–H groups in total. The number of primary amides is 1. The van der Waals surface area contributed by atoms with Crippen LogP contribution in [-0.2, 0) is 0 Å². The summed E-state index contributed by atoms with van der Waals surface area (Å²) in [5, 5.41) is 2.63. The van der Waals surface area contributed by atoms with Crippen molar-refractivity contribution in [2.75, 3.05) is 39.3 Å². The van der Waals surface area contributed by atoms with Crippen LogP contribution in [0.5, 0.6) is 5.88 Å². The molecule has 1 amide bonds. The number of carbonyl (C=O) groups is 1. The van der Waals surface area contributed by atoms with Gasteiger partial charge in [-0.3, -0.25) is 9.69 Å². The van der Waals surface area contributed by atoms with Gasteiger partial charge < -0.3 is 15.4 Å². The zero-order valence-corrected chi connectivity index (χ0v) is 21.6. The van der Waals surface area contributed by atoms with Crippen LogP contribution in [0.25, 0.3) is 10.6 Å². The molecule has 0 radical (unpaired) electrons. The van der Waals surface area contributed by atoms with Crippen LogP contribution in [0.4, 0.5) is 0 Å². The molecule has 1 aliphatic rings. The Hall–Kier alpha value is -3.52. The number of ether oxygens (including phenoxy) is 1. The topological polar surface area (TPSA) is 71.7 Å². The number of piperazine rings is 1. The van der Waals surface area contributed by atoms with Crippen LogP contribution in [0, 0.1) is 0 Å². The van der Waals surface area contributed by atoms with E-state index in [0.29, 0.717) is 18.1 Å². The van der Waals surface area contributed by atoms with E-state index in [2.05, 4.69) is 75.4 Å². The van der Waals surface area contributed by atoms with E-state index < -0.39 is 5.91 Å². The van der Waals surface area contributed by atoms with E-state index >= 15 is 0 Å². The summed E-state index contributed by atoms with van der Waals surface area (Å²) in [6, 6.07) is 29.2. The summed E-state index contributed by atoms with van der Waals surface area (Å²) < 4.78 is 5.92. The third-order valence-corrected chi connectivity index (χ3v) is 7.63. The van der Waals surface area contributed by atoms with Gasteiger partial charge >= 0.3 is 0 Å². The van der Waals surface area contributed by atoms with E-state index in [0.717, 1.165) is 49.7 Å². The average molecular weight is 513 g/mol. The molecule has 0 saturated carbocycles. The first-order valence-electron chi connectivity index (χ1n) is 12.7. The van der Waals surface area contributed by atoms with E-state index in [9.17, 15) is 4.79 Å². The largest absolute Gasteiger partial charge is 0.477 e. The Kier molecular flexibility index (Phi) is 8.25. The van der Waals surface area contributed by atoms with E-state index in [1.165, 1.54) is 22.5 Å². The van der Waals surface area contributed by atoms with Gasteiger partial charge in [-0.1, -0.05) is 78.9 Å². The maximum atomic E-state index is 11.7. The summed E-state index contributed by atoms with van der Waals surface area (Å²) in [4.78, 5) is 21.4. The van der Waals surface area contributed by atoms with Crippen molar-refractivity contribution in [3.63, 3.8) is 0 Å². The number of amides is 1. The first kappa shape index (κ1) is 25.1. The van der Waals surface area contributed by atoms with Gasteiger partial charge in [0.2, 0.25) is 11.8 Å². The van der Waals surface area contributed by atoms with Gasteiger partial charge in [-0.2, -0.15) is 0 Å². The van der Waals surface area contributed by atoms with Crippen molar-refractivity contribution < 1.29 is 9.53 Å². The Morgan fingerprint density at radius 3 is 2.16 bits per heavy atom. The molecule has 1 aliphatic heterocycles. The minimum Gasteiger partial charge on any atom is -0.477 e. The standard InChI is InChI=1S/C30H32N4O2S/c31-29(35)25-14-7-8-15-26(25)30-32-27(22-37-30)36-21-9-16-33-17-19-34(20-18-33)28(23-10-3-1-4-11-23)24-12-5-2-6-13-24/h1-8,10-15,22,28H,9,16-21H2,(H2,31,35). The number of nitrogens with two attached hydrogens (primary N) is 1. The second-order valence-electron chi connectivity index (χ2n) is 9.20. The summed E-state index contributed by atoms with van der Waals surface area (Å²) >= 11 is 1.46. The van der Waals surface area contributed by atoms with Gasteiger partial charge in [-0.15, -0.1) is 11.3 Å². The Morgan fingerprint density at radius 2 is 1.51 bits per heavy atom. The lowest BCUT2D eigenvalue weighted by atomic mass is 9.96. The highest BCUT2D eigenvalue weighted by molar-refractivity contribution is 7.13. The molecular formula is C30H32N4O2S. The summed E-state index contributed by atoms with van der Waals surface area (Å²) in [7, 11) is 0. The van der Waals surface area contributed by atoms with Crippen LogP contribution in [0.3, 0.4) is 0 Å². The molecule has 0 spiro atoms. The number of thiazole rings is 1. The number of aromatic nitrogens is 1. The minimum atomic E-state index is -0.452. The molecule has 37 heavy (non-hydrogen) atoms. The minimum absolute atomic E-state index is 0.284. The summed E-state index contributed by atoms with van der Waals surface area (Å²) in [6.45, 7) is 5.75. The summed E-state index contributed by atoms with van der Waals surface area (Å²) in [5.41, 5.74) is 9.42. The molecule has 5 rings (SSSR count). The summed E-state index contributed by atoms with van der Waals surface area (Å²) in [5.74, 6) is 0.143. The predicted octanol–water partition coefficient (Wildman–Crippen LogP) is 5.09. The van der Waals surface area contributed by atoms with E-state index in [1.54, 1.807) is 12.1 Å². The fourth-order valence-corrected chi connectivity index (χ4v) is 5.71. The van der Waals surface area contributed by atoms with Crippen molar-refractivity contribution in [1.82, 2.24) is 14.8 Å². The smallest absolute Gasteiger partial charge is 0.249 e. The fraction of sp³-hybridized carbons (Fsp3) is 0.267. The van der Waals surface area contributed by atoms with E-state index in [-0.39, 0.29) is 6.04 Å². The van der Waals surface area contributed by atoms with Crippen LogP contribution in [0.15, 0.2) is 90.3 Å². The van der Waals surface area contributed by atoms with Crippen molar-refractivity contribution in [2.24, 2.45) is 5.73 Å². The van der Waals surface area contributed by atoms with E-state index in [4.69, 9.17) is 10.5 Å². The number of benzene rings is 3. The summed E-state index contributed by atoms with van der Waals surface area (Å²) in [6.07, 6.45) is 0.936. The maximum absolute atomic E-state index is 11.7. The fourth-order valence-electron chi connectivity index (χ4n) is 4.93. The third kappa shape index (κ3) is 6.25. The van der Waals surface area contributed by atoms with Gasteiger partial charge in [-0.05, 0) is 23.6 Å². The van der Waals surface area contributed by atoms with Crippen molar-refractivity contribution in [3.8, 4) is 16.5 Å². The molecule has 0 bridgehead atoms. The first-order valence-corrected chi connectivity index (χ1v) is 13.6. The van der Waals surface area contributed by atoms with Gasteiger partial charge in [0.15, 0.2) is 0 Å². The van der Waals surface area contributed by atoms with Crippen molar-refractivity contribution in [2.45, 2.75) is 12.5 Å². The Labute approximate surface area is 222 Å². The zero-order chi connectivity index (χ0) is 25.5. The molecule has 7 heteroatoms. The number of hydrogen-bond acceptors (Lipinski definition) is 6. The van der Waals surface area contributed by atoms with Gasteiger partial charge in [0.1, 0.15) is 5.01 Å². The van der Waals surface area contributed by atoms with Crippen LogP contribution >= 0.6 is 11.3 Å². The number of hydrogen-bond donors (Lipinski definition) is 1. The SMILES string of the molecule is NC(=O)c1ccccc1-c1nc(OCCCN2CCN(C(c3ccccc3)c3ccccc3)CC2)cs1. The molecule has 0 atom stereocenters. The molecule has 3 aromatic carbocycles. The second-order valence-corrected chi connectivity index (χ2v) is 10.1. The second kappa shape index (κ2) is 12.1. The maximum Gasteiger partial charge on any atom is 0.249 e. The molecule has 190 valence electrons. The highest BCUT2D eigenvalue weighted by atomic mass is 32.1. The third-order valence-electron chi connectivity index (χ3n) is 6.78. The molecule has 0 aliphatic carbocycles. The highest BCUT2D eigenvalue weighted by Crippen LogP contribution is 2.31. The van der Waals surface area contributed by atoms with E-state index in [1.807, 2.05) is 17.5 Å². The van der Waals surface area contributed by atoms with Crippen LogP contribution < -0.4 is 10.5 Å². The Balaban J connectivity index is 1.11. The molecule has 2 heterocycles. The predicted molar refractivity (Wildman–Crippen MR) is 149 cm³/mol. The molecular weight excluding hydrogens is 480 g/mol. The van der Waals surface area contributed by atoms with Gasteiger partial charge in [0, 0.05) is 43.9 Å². The molecule has 1 saturated heterocycles. The lowest BCUT2D eigenvalue weighted by molar-refractivity contribution is 0.100. The first-order chi connectivity index (χ1) is 18.2. The molecule has 1 aromatic heterocycles. The quantitative estimate of drug-likeness (QED) is 0.300. The molecule has 1 fully saturated rings. The Bertz CT molecular complexity index is 1250. The average Bonchev–Trinajstić information content (AvgIpc) is 3.42. The lowest BCUT2D eigenvalue weighted by Crippen LogP contribution is -2.48. The van der Waals surface area contributed by atoms with Crippen LogP contribution in [0.1, 0.15) is 33.9 Å². The molecule has 0 unspecified atom stereocenters. The number of rotatable bonds is 10.